The minimum Gasteiger partial charge on any atom is -0.449 e. The van der Waals surface area contributed by atoms with Crippen LogP contribution in [0.5, 0.6) is 0 Å². The zero-order valence-electron chi connectivity index (χ0n) is 18.8. The average Bonchev–Trinajstić information content (AvgIpc) is 3.11. The predicted octanol–water partition coefficient (Wildman–Crippen LogP) is 4.28. The van der Waals surface area contributed by atoms with Crippen molar-refractivity contribution in [2.45, 2.75) is 45.2 Å². The van der Waals surface area contributed by atoms with Crippen molar-refractivity contribution in [3.8, 4) is 11.1 Å². The van der Waals surface area contributed by atoms with Gasteiger partial charge in [0.15, 0.2) is 0 Å². The Kier molecular flexibility index (Phi) is 7.69. The summed E-state index contributed by atoms with van der Waals surface area (Å²) in [6.45, 7) is 5.36. The molecule has 0 unspecified atom stereocenters. The molecule has 0 saturated carbocycles. The van der Waals surface area contributed by atoms with Crippen molar-refractivity contribution in [3.63, 3.8) is 0 Å². The smallest absolute Gasteiger partial charge is 0.407 e. The van der Waals surface area contributed by atoms with Crippen molar-refractivity contribution < 1.29 is 19.1 Å². The van der Waals surface area contributed by atoms with E-state index in [0.717, 1.165) is 22.3 Å². The number of carbonyl (C=O) groups is 3. The number of amides is 3. The normalized spacial score (nSPS) is 13.8. The summed E-state index contributed by atoms with van der Waals surface area (Å²) in [4.78, 5) is 39.3. The van der Waals surface area contributed by atoms with Gasteiger partial charge in [0, 0.05) is 10.8 Å². The molecule has 3 rings (SSSR count). The highest BCUT2D eigenvalue weighted by molar-refractivity contribution is 5.91. The molecule has 2 atom stereocenters. The summed E-state index contributed by atoms with van der Waals surface area (Å²) in [5.74, 6) is -1.36. The van der Waals surface area contributed by atoms with Gasteiger partial charge in [0.25, 0.3) is 0 Å². The van der Waals surface area contributed by atoms with Crippen molar-refractivity contribution in [3.05, 3.63) is 70.1 Å². The Bertz CT molecular complexity index is 1050. The van der Waals surface area contributed by atoms with Crippen LogP contribution in [0.2, 0.25) is 0 Å². The quantitative estimate of drug-likeness (QED) is 0.353. The monoisotopic (exact) mass is 449 g/mol. The maximum absolute atomic E-state index is 12.7. The first-order valence-electron chi connectivity index (χ1n) is 10.8. The van der Waals surface area contributed by atoms with Gasteiger partial charge in [0.05, 0.1) is 6.04 Å². The highest BCUT2D eigenvalue weighted by atomic mass is 16.5. The summed E-state index contributed by atoms with van der Waals surface area (Å²) in [5.41, 5.74) is 12.8. The lowest BCUT2D eigenvalue weighted by Crippen LogP contribution is -2.51. The number of hydrogen-bond acceptors (Lipinski definition) is 4. The topological polar surface area (TPSA) is 133 Å². The van der Waals surface area contributed by atoms with Crippen molar-refractivity contribution >= 4 is 17.9 Å². The lowest BCUT2D eigenvalue weighted by Gasteiger charge is -2.22. The fraction of sp³-hybridized carbons (Fsp3) is 0.375. The van der Waals surface area contributed by atoms with Crippen LogP contribution >= 0.6 is 0 Å². The molecule has 2 N–H and O–H groups in total. The number of benzene rings is 2. The van der Waals surface area contributed by atoms with Crippen molar-refractivity contribution in [2.24, 2.45) is 11.0 Å². The summed E-state index contributed by atoms with van der Waals surface area (Å²) >= 11 is 0. The lowest BCUT2D eigenvalue weighted by atomic mass is 9.98. The minimum atomic E-state index is -1.01. The molecule has 9 heteroatoms. The van der Waals surface area contributed by atoms with Crippen molar-refractivity contribution in [2.75, 3.05) is 6.61 Å². The van der Waals surface area contributed by atoms with Crippen LogP contribution in [0.25, 0.3) is 21.6 Å². The molecule has 2 aromatic rings. The number of hydrogen-bond donors (Lipinski definition) is 2. The van der Waals surface area contributed by atoms with Gasteiger partial charge in [0.2, 0.25) is 11.8 Å². The van der Waals surface area contributed by atoms with E-state index in [1.54, 1.807) is 0 Å². The van der Waals surface area contributed by atoms with E-state index in [1.807, 2.05) is 50.2 Å². The van der Waals surface area contributed by atoms with Gasteiger partial charge in [-0.25, -0.2) is 4.79 Å². The predicted molar refractivity (Wildman–Crippen MR) is 123 cm³/mol. The third-order valence-electron chi connectivity index (χ3n) is 5.53. The number of azide groups is 1. The molecule has 9 nitrogen and oxygen atoms in total. The summed E-state index contributed by atoms with van der Waals surface area (Å²) in [5, 5.41) is 8.07. The SMILES string of the molecule is CC(C)C[C@H](NC(=O)OCC1c2ccccc2-c2ccccc21)C(=O)N[C@@H](C)C(=O)N=[N+]=[N-]. The molecule has 172 valence electrons. The minimum absolute atomic E-state index is 0.0952. The third kappa shape index (κ3) is 5.70. The Labute approximate surface area is 192 Å². The van der Waals surface area contributed by atoms with Crippen LogP contribution in [-0.4, -0.2) is 36.6 Å². The largest absolute Gasteiger partial charge is 0.449 e. The Hall–Kier alpha value is -3.84. The van der Waals surface area contributed by atoms with E-state index in [2.05, 4.69) is 32.8 Å². The molecule has 2 aromatic carbocycles. The molecule has 0 aromatic heterocycles. The Morgan fingerprint density at radius 2 is 1.58 bits per heavy atom. The summed E-state index contributed by atoms with van der Waals surface area (Å²) in [7, 11) is 0. The zero-order valence-corrected chi connectivity index (χ0v) is 18.8. The molecule has 1 aliphatic rings. The van der Waals surface area contributed by atoms with Crippen LogP contribution < -0.4 is 10.6 Å². The number of fused-ring (bicyclic) bond motifs is 3. The molecule has 0 radical (unpaired) electrons. The van der Waals surface area contributed by atoms with E-state index >= 15 is 0 Å². The second-order valence-electron chi connectivity index (χ2n) is 8.41. The first-order chi connectivity index (χ1) is 15.8. The molecule has 0 heterocycles. The van der Waals surface area contributed by atoms with Gasteiger partial charge in [-0.05, 0) is 52.2 Å². The number of rotatable bonds is 8. The van der Waals surface area contributed by atoms with E-state index in [1.165, 1.54) is 6.92 Å². The Balaban J connectivity index is 1.66. The highest BCUT2D eigenvalue weighted by Crippen LogP contribution is 2.44. The van der Waals surface area contributed by atoms with Crippen LogP contribution in [0.15, 0.2) is 53.6 Å². The van der Waals surface area contributed by atoms with Gasteiger partial charge < -0.3 is 15.4 Å². The zero-order chi connectivity index (χ0) is 24.0. The molecule has 33 heavy (non-hydrogen) atoms. The standard InChI is InChI=1S/C24H27N5O4/c1-14(2)12-21(23(31)26-15(3)22(30)28-29-25)27-24(32)33-13-20-18-10-6-4-8-16(18)17-9-5-7-11-19(17)20/h4-11,14-15,20-21H,12-13H2,1-3H3,(H,26,31)(H,27,32)/t15-,21-/m0/s1. The number of ether oxygens (including phenoxy) is 1. The van der Waals surface area contributed by atoms with E-state index in [-0.39, 0.29) is 18.4 Å². The number of nitrogens with one attached hydrogen (secondary N) is 2. The molecular weight excluding hydrogens is 422 g/mol. The van der Waals surface area contributed by atoms with Crippen molar-refractivity contribution in [1.82, 2.24) is 10.6 Å². The van der Waals surface area contributed by atoms with Gasteiger partial charge in [-0.1, -0.05) is 62.4 Å². The van der Waals surface area contributed by atoms with Crippen LogP contribution in [0.3, 0.4) is 0 Å². The summed E-state index contributed by atoms with van der Waals surface area (Å²) in [6, 6.07) is 14.1. The molecule has 3 amide bonds. The Morgan fingerprint density at radius 1 is 1.00 bits per heavy atom. The Morgan fingerprint density at radius 3 is 2.12 bits per heavy atom. The second-order valence-corrected chi connectivity index (χ2v) is 8.41. The average molecular weight is 450 g/mol. The molecular formula is C24H27N5O4. The van der Waals surface area contributed by atoms with E-state index in [9.17, 15) is 14.4 Å². The highest BCUT2D eigenvalue weighted by Gasteiger charge is 2.30. The van der Waals surface area contributed by atoms with Crippen LogP contribution in [0, 0.1) is 5.92 Å². The molecule has 0 aliphatic heterocycles. The van der Waals surface area contributed by atoms with Crippen LogP contribution in [-0.2, 0) is 14.3 Å². The van der Waals surface area contributed by atoms with Gasteiger partial charge >= 0.3 is 6.09 Å². The fourth-order valence-corrected chi connectivity index (χ4v) is 3.99. The van der Waals surface area contributed by atoms with Crippen LogP contribution in [0.1, 0.15) is 44.2 Å². The molecule has 0 fully saturated rings. The number of alkyl carbamates (subject to hydrolysis) is 1. The molecule has 0 spiro atoms. The van der Waals surface area contributed by atoms with Gasteiger partial charge in [0.1, 0.15) is 12.6 Å². The van der Waals surface area contributed by atoms with Crippen LogP contribution in [0.4, 0.5) is 4.79 Å². The first-order valence-corrected chi connectivity index (χ1v) is 10.8. The van der Waals surface area contributed by atoms with Gasteiger partial charge in [-0.2, -0.15) is 0 Å². The number of carbonyl (C=O) groups excluding carboxylic acids is 3. The van der Waals surface area contributed by atoms with E-state index < -0.39 is 30.0 Å². The van der Waals surface area contributed by atoms with Gasteiger partial charge in [-0.3, -0.25) is 9.59 Å². The lowest BCUT2D eigenvalue weighted by molar-refractivity contribution is -0.128. The maximum Gasteiger partial charge on any atom is 0.407 e. The first kappa shape index (κ1) is 23.8. The second kappa shape index (κ2) is 10.7. The van der Waals surface area contributed by atoms with Gasteiger partial charge in [-0.15, -0.1) is 0 Å². The maximum atomic E-state index is 12.7. The molecule has 1 aliphatic carbocycles. The number of nitrogens with zero attached hydrogens (tertiary/aromatic N) is 3. The molecule has 0 bridgehead atoms. The third-order valence-corrected chi connectivity index (χ3v) is 5.53. The summed E-state index contributed by atoms with van der Waals surface area (Å²) < 4.78 is 5.53. The molecule has 0 saturated heterocycles. The van der Waals surface area contributed by atoms with E-state index in [0.29, 0.717) is 6.42 Å². The van der Waals surface area contributed by atoms with E-state index in [4.69, 9.17) is 10.3 Å². The fourth-order valence-electron chi connectivity index (χ4n) is 3.99. The summed E-state index contributed by atoms with van der Waals surface area (Å²) in [6.07, 6.45) is -0.370. The van der Waals surface area contributed by atoms with Crippen molar-refractivity contribution in [1.29, 1.82) is 0 Å².